The molecule has 0 aliphatic rings. The third-order valence-corrected chi connectivity index (χ3v) is 2.94. The van der Waals surface area contributed by atoms with E-state index in [1.165, 1.54) is 12.1 Å². The average Bonchev–Trinajstić information content (AvgIpc) is 2.38. The molecule has 0 fully saturated rings. The smallest absolute Gasteiger partial charge is 0.157 e. The SMILES string of the molecule is O=Cc1cc(Cl)c(OCc2ccccc2)c(Cl)c1. The lowest BCUT2D eigenvalue weighted by Gasteiger charge is -2.10. The number of hydrogen-bond acceptors (Lipinski definition) is 2. The second-order valence-corrected chi connectivity index (χ2v) is 4.52. The van der Waals surface area contributed by atoms with Crippen LogP contribution in [0.3, 0.4) is 0 Å². The van der Waals surface area contributed by atoms with Crippen LogP contribution in [0.15, 0.2) is 42.5 Å². The molecule has 0 radical (unpaired) electrons. The standard InChI is InChI=1S/C14H10Cl2O2/c15-12-6-11(8-17)7-13(16)14(12)18-9-10-4-2-1-3-5-10/h1-8H,9H2. The number of carbonyl (C=O) groups excluding carboxylic acids is 1. The summed E-state index contributed by atoms with van der Waals surface area (Å²) in [7, 11) is 0. The first-order valence-corrected chi connectivity index (χ1v) is 6.07. The molecule has 0 aliphatic carbocycles. The van der Waals surface area contributed by atoms with Gasteiger partial charge >= 0.3 is 0 Å². The van der Waals surface area contributed by atoms with Gasteiger partial charge in [0.2, 0.25) is 0 Å². The topological polar surface area (TPSA) is 26.3 Å². The van der Waals surface area contributed by atoms with Gasteiger partial charge in [-0.15, -0.1) is 0 Å². The Morgan fingerprint density at radius 1 is 1.06 bits per heavy atom. The lowest BCUT2D eigenvalue weighted by molar-refractivity contribution is 0.112. The predicted octanol–water partition coefficient (Wildman–Crippen LogP) is 4.38. The molecule has 0 heterocycles. The fourth-order valence-corrected chi connectivity index (χ4v) is 2.13. The molecule has 2 rings (SSSR count). The molecule has 2 aromatic carbocycles. The largest absolute Gasteiger partial charge is 0.486 e. The highest BCUT2D eigenvalue weighted by atomic mass is 35.5. The quantitative estimate of drug-likeness (QED) is 0.777. The van der Waals surface area contributed by atoms with E-state index in [2.05, 4.69) is 0 Å². The zero-order valence-electron chi connectivity index (χ0n) is 9.40. The van der Waals surface area contributed by atoms with Crippen molar-refractivity contribution in [2.45, 2.75) is 6.61 Å². The molecular weight excluding hydrogens is 271 g/mol. The van der Waals surface area contributed by atoms with Crippen molar-refractivity contribution in [2.75, 3.05) is 0 Å². The van der Waals surface area contributed by atoms with Gasteiger partial charge in [0.05, 0.1) is 10.0 Å². The molecule has 0 spiro atoms. The van der Waals surface area contributed by atoms with E-state index in [0.29, 0.717) is 34.3 Å². The minimum absolute atomic E-state index is 0.334. The van der Waals surface area contributed by atoms with Crippen molar-refractivity contribution >= 4 is 29.5 Å². The zero-order chi connectivity index (χ0) is 13.0. The molecule has 0 unspecified atom stereocenters. The first-order chi connectivity index (χ1) is 8.70. The summed E-state index contributed by atoms with van der Waals surface area (Å²) in [6.45, 7) is 0.376. The summed E-state index contributed by atoms with van der Waals surface area (Å²) >= 11 is 12.0. The molecule has 0 saturated carbocycles. The number of aldehydes is 1. The van der Waals surface area contributed by atoms with Gasteiger partial charge in [-0.05, 0) is 17.7 Å². The van der Waals surface area contributed by atoms with E-state index in [4.69, 9.17) is 27.9 Å². The van der Waals surface area contributed by atoms with Crippen molar-refractivity contribution in [3.05, 3.63) is 63.6 Å². The Balaban J connectivity index is 2.17. The maximum Gasteiger partial charge on any atom is 0.157 e. The highest BCUT2D eigenvalue weighted by Crippen LogP contribution is 2.34. The maximum atomic E-state index is 10.6. The summed E-state index contributed by atoms with van der Waals surface area (Å²) in [5, 5.41) is 0.668. The maximum absolute atomic E-state index is 10.6. The van der Waals surface area contributed by atoms with Crippen molar-refractivity contribution in [1.82, 2.24) is 0 Å². The number of halogens is 2. The fourth-order valence-electron chi connectivity index (χ4n) is 1.52. The van der Waals surface area contributed by atoms with Gasteiger partial charge in [0.15, 0.2) is 5.75 Å². The predicted molar refractivity (Wildman–Crippen MR) is 72.6 cm³/mol. The van der Waals surface area contributed by atoms with Crippen LogP contribution in [0, 0.1) is 0 Å². The molecule has 0 aromatic heterocycles. The molecule has 0 aliphatic heterocycles. The van der Waals surface area contributed by atoms with E-state index in [9.17, 15) is 4.79 Å². The van der Waals surface area contributed by atoms with Crippen molar-refractivity contribution in [2.24, 2.45) is 0 Å². The van der Waals surface area contributed by atoms with Crippen LogP contribution in [0.5, 0.6) is 5.75 Å². The Bertz CT molecular complexity index is 530. The van der Waals surface area contributed by atoms with Crippen LogP contribution in [0.25, 0.3) is 0 Å². The van der Waals surface area contributed by atoms with E-state index in [1.807, 2.05) is 30.3 Å². The third-order valence-electron chi connectivity index (χ3n) is 2.38. The Morgan fingerprint density at radius 3 is 2.22 bits per heavy atom. The Morgan fingerprint density at radius 2 is 1.67 bits per heavy atom. The first-order valence-electron chi connectivity index (χ1n) is 5.31. The second-order valence-electron chi connectivity index (χ2n) is 3.71. The van der Waals surface area contributed by atoms with Crippen LogP contribution in [-0.4, -0.2) is 6.29 Å². The van der Waals surface area contributed by atoms with Gasteiger partial charge in [0, 0.05) is 5.56 Å². The Kier molecular flexibility index (Phi) is 4.24. The van der Waals surface area contributed by atoms with Crippen LogP contribution < -0.4 is 4.74 Å². The summed E-state index contributed by atoms with van der Waals surface area (Å²) in [5.74, 6) is 0.396. The van der Waals surface area contributed by atoms with Crippen LogP contribution >= 0.6 is 23.2 Å². The number of ether oxygens (including phenoxy) is 1. The molecule has 0 amide bonds. The molecule has 18 heavy (non-hydrogen) atoms. The van der Waals surface area contributed by atoms with Gasteiger partial charge in [-0.25, -0.2) is 0 Å². The number of rotatable bonds is 4. The molecular formula is C14H10Cl2O2. The van der Waals surface area contributed by atoms with Gasteiger partial charge < -0.3 is 4.74 Å². The van der Waals surface area contributed by atoms with Crippen molar-refractivity contribution in [3.63, 3.8) is 0 Å². The molecule has 4 heteroatoms. The van der Waals surface area contributed by atoms with Gasteiger partial charge in [-0.2, -0.15) is 0 Å². The van der Waals surface area contributed by atoms with Crippen molar-refractivity contribution in [1.29, 1.82) is 0 Å². The fraction of sp³-hybridized carbons (Fsp3) is 0.0714. The van der Waals surface area contributed by atoms with E-state index >= 15 is 0 Å². The van der Waals surface area contributed by atoms with Crippen molar-refractivity contribution in [3.8, 4) is 5.75 Å². The normalized spacial score (nSPS) is 10.1. The first kappa shape index (κ1) is 12.9. The van der Waals surface area contributed by atoms with Crippen LogP contribution in [0.4, 0.5) is 0 Å². The van der Waals surface area contributed by atoms with Crippen molar-refractivity contribution < 1.29 is 9.53 Å². The summed E-state index contributed by atoms with van der Waals surface area (Å²) in [5.41, 5.74) is 1.45. The number of carbonyl (C=O) groups is 1. The summed E-state index contributed by atoms with van der Waals surface area (Å²) < 4.78 is 5.57. The molecule has 0 bridgehead atoms. The summed E-state index contributed by atoms with van der Waals surface area (Å²) in [6.07, 6.45) is 0.693. The summed E-state index contributed by atoms with van der Waals surface area (Å²) in [6, 6.07) is 12.7. The van der Waals surface area contributed by atoms with Crippen LogP contribution in [0.2, 0.25) is 10.0 Å². The number of hydrogen-bond donors (Lipinski definition) is 0. The third kappa shape index (κ3) is 3.03. The van der Waals surface area contributed by atoms with E-state index in [1.54, 1.807) is 0 Å². The zero-order valence-corrected chi connectivity index (χ0v) is 10.9. The average molecular weight is 281 g/mol. The van der Waals surface area contributed by atoms with Gasteiger partial charge in [-0.1, -0.05) is 53.5 Å². The molecule has 0 atom stereocenters. The molecule has 0 saturated heterocycles. The lowest BCUT2D eigenvalue weighted by atomic mass is 10.2. The molecule has 2 aromatic rings. The highest BCUT2D eigenvalue weighted by Gasteiger charge is 2.09. The van der Waals surface area contributed by atoms with E-state index in [-0.39, 0.29) is 0 Å². The Hall–Kier alpha value is -1.51. The lowest BCUT2D eigenvalue weighted by Crippen LogP contribution is -1.97. The van der Waals surface area contributed by atoms with Gasteiger partial charge in [0.25, 0.3) is 0 Å². The molecule has 0 N–H and O–H groups in total. The summed E-state index contributed by atoms with van der Waals surface area (Å²) in [4.78, 5) is 10.6. The Labute approximate surface area is 115 Å². The highest BCUT2D eigenvalue weighted by molar-refractivity contribution is 6.37. The number of benzene rings is 2. The van der Waals surface area contributed by atoms with Crippen LogP contribution in [-0.2, 0) is 6.61 Å². The van der Waals surface area contributed by atoms with Gasteiger partial charge in [0.1, 0.15) is 12.9 Å². The van der Waals surface area contributed by atoms with Crippen LogP contribution in [0.1, 0.15) is 15.9 Å². The van der Waals surface area contributed by atoms with E-state index in [0.717, 1.165) is 5.56 Å². The van der Waals surface area contributed by atoms with E-state index < -0.39 is 0 Å². The minimum Gasteiger partial charge on any atom is -0.486 e. The molecule has 2 nitrogen and oxygen atoms in total. The molecule has 92 valence electrons. The minimum atomic E-state index is 0.334. The monoisotopic (exact) mass is 280 g/mol. The van der Waals surface area contributed by atoms with Gasteiger partial charge in [-0.3, -0.25) is 4.79 Å². The second kappa shape index (κ2) is 5.89.